The van der Waals surface area contributed by atoms with Crippen molar-refractivity contribution in [2.45, 2.75) is 26.6 Å². The largest absolute Gasteiger partial charge is 0.491 e. The van der Waals surface area contributed by atoms with Gasteiger partial charge in [0.25, 0.3) is 0 Å². The Kier molecular flexibility index (Phi) is 4.69. The van der Waals surface area contributed by atoms with Crippen LogP contribution >= 0.6 is 11.6 Å². The molecule has 3 heteroatoms. The van der Waals surface area contributed by atoms with Crippen LogP contribution in [0.1, 0.15) is 19.4 Å². The number of hydrogen-bond donors (Lipinski definition) is 0. The number of hydrogen-bond acceptors (Lipinski definition) is 2. The third-order valence-corrected chi connectivity index (χ3v) is 2.75. The summed E-state index contributed by atoms with van der Waals surface area (Å²) in [6, 6.07) is 15.3. The van der Waals surface area contributed by atoms with Gasteiger partial charge in [-0.1, -0.05) is 29.8 Å². The van der Waals surface area contributed by atoms with Crippen LogP contribution in [0.3, 0.4) is 0 Å². The van der Waals surface area contributed by atoms with E-state index in [0.717, 1.165) is 22.1 Å². The zero-order valence-corrected chi connectivity index (χ0v) is 11.9. The van der Waals surface area contributed by atoms with Crippen LogP contribution < -0.4 is 9.47 Å². The van der Waals surface area contributed by atoms with Gasteiger partial charge in [-0.2, -0.15) is 0 Å². The monoisotopic (exact) mass is 276 g/mol. The van der Waals surface area contributed by atoms with Gasteiger partial charge in [-0.15, -0.1) is 0 Å². The third kappa shape index (κ3) is 4.49. The van der Waals surface area contributed by atoms with Crippen LogP contribution in [0.15, 0.2) is 48.5 Å². The summed E-state index contributed by atoms with van der Waals surface area (Å²) in [6.45, 7) is 4.52. The van der Waals surface area contributed by atoms with Gasteiger partial charge in [0.15, 0.2) is 0 Å². The molecule has 0 aliphatic heterocycles. The minimum absolute atomic E-state index is 0.159. The molecule has 2 nitrogen and oxygen atoms in total. The molecule has 0 heterocycles. The Labute approximate surface area is 118 Å². The minimum Gasteiger partial charge on any atom is -0.491 e. The van der Waals surface area contributed by atoms with Crippen molar-refractivity contribution in [3.05, 3.63) is 59.1 Å². The molecule has 0 radical (unpaired) electrons. The van der Waals surface area contributed by atoms with Crippen molar-refractivity contribution in [2.24, 2.45) is 0 Å². The lowest BCUT2D eigenvalue weighted by molar-refractivity contribution is 0.239. The fourth-order valence-electron chi connectivity index (χ4n) is 1.66. The van der Waals surface area contributed by atoms with Crippen LogP contribution in [0.25, 0.3) is 0 Å². The van der Waals surface area contributed by atoms with Gasteiger partial charge in [0.1, 0.15) is 18.1 Å². The molecule has 0 aliphatic rings. The zero-order valence-electron chi connectivity index (χ0n) is 11.1. The van der Waals surface area contributed by atoms with Crippen molar-refractivity contribution >= 4 is 11.6 Å². The van der Waals surface area contributed by atoms with E-state index >= 15 is 0 Å². The first kappa shape index (κ1) is 13.8. The molecule has 0 atom stereocenters. The molecule has 0 N–H and O–H groups in total. The molecule has 0 aliphatic carbocycles. The number of ether oxygens (including phenoxy) is 2. The summed E-state index contributed by atoms with van der Waals surface area (Å²) in [5.41, 5.74) is 1.08. The molecule has 2 rings (SSSR count). The molecular weight excluding hydrogens is 260 g/mol. The van der Waals surface area contributed by atoms with E-state index in [1.165, 1.54) is 0 Å². The SMILES string of the molecule is CC(C)Oc1cccc(OCc2ccc(Cl)cc2)c1. The van der Waals surface area contributed by atoms with Gasteiger partial charge in [-0.25, -0.2) is 0 Å². The van der Waals surface area contributed by atoms with Crippen LogP contribution in [-0.4, -0.2) is 6.10 Å². The molecule has 0 saturated heterocycles. The lowest BCUT2D eigenvalue weighted by Crippen LogP contribution is -2.05. The molecular formula is C16H17ClO2. The Hall–Kier alpha value is -1.67. The maximum atomic E-state index is 5.84. The summed E-state index contributed by atoms with van der Waals surface area (Å²) < 4.78 is 11.4. The first-order valence-corrected chi connectivity index (χ1v) is 6.65. The summed E-state index contributed by atoms with van der Waals surface area (Å²) in [5.74, 6) is 1.62. The normalized spacial score (nSPS) is 10.5. The molecule has 0 aromatic heterocycles. The lowest BCUT2D eigenvalue weighted by atomic mass is 10.2. The van der Waals surface area contributed by atoms with Gasteiger partial charge in [0, 0.05) is 11.1 Å². The summed E-state index contributed by atoms with van der Waals surface area (Å²) in [4.78, 5) is 0. The first-order chi connectivity index (χ1) is 9.13. The predicted molar refractivity (Wildman–Crippen MR) is 78.0 cm³/mol. The molecule has 0 amide bonds. The van der Waals surface area contributed by atoms with Crippen LogP contribution in [0, 0.1) is 0 Å². The second kappa shape index (κ2) is 6.48. The van der Waals surface area contributed by atoms with Gasteiger partial charge in [-0.3, -0.25) is 0 Å². The van der Waals surface area contributed by atoms with Crippen molar-refractivity contribution in [2.75, 3.05) is 0 Å². The highest BCUT2D eigenvalue weighted by Gasteiger charge is 2.01. The molecule has 0 unspecified atom stereocenters. The quantitative estimate of drug-likeness (QED) is 0.788. The summed E-state index contributed by atoms with van der Waals surface area (Å²) in [6.07, 6.45) is 0.159. The summed E-state index contributed by atoms with van der Waals surface area (Å²) >= 11 is 5.84. The smallest absolute Gasteiger partial charge is 0.123 e. The standard InChI is InChI=1S/C16H17ClO2/c1-12(2)19-16-5-3-4-15(10-16)18-11-13-6-8-14(17)9-7-13/h3-10,12H,11H2,1-2H3. The Morgan fingerprint density at radius 2 is 1.68 bits per heavy atom. The van der Waals surface area contributed by atoms with E-state index in [0.29, 0.717) is 6.61 Å². The van der Waals surface area contributed by atoms with Crippen LogP contribution in [-0.2, 0) is 6.61 Å². The average molecular weight is 277 g/mol. The van der Waals surface area contributed by atoms with E-state index in [4.69, 9.17) is 21.1 Å². The Balaban J connectivity index is 1.97. The summed E-state index contributed by atoms with van der Waals surface area (Å²) in [5, 5.41) is 0.732. The fraction of sp³-hybridized carbons (Fsp3) is 0.250. The molecule has 100 valence electrons. The average Bonchev–Trinajstić information content (AvgIpc) is 2.38. The molecule has 0 saturated carbocycles. The highest BCUT2D eigenvalue weighted by molar-refractivity contribution is 6.30. The number of rotatable bonds is 5. The van der Waals surface area contributed by atoms with E-state index in [9.17, 15) is 0 Å². The molecule has 0 bridgehead atoms. The van der Waals surface area contributed by atoms with E-state index in [1.807, 2.05) is 62.4 Å². The predicted octanol–water partition coefficient (Wildman–Crippen LogP) is 4.71. The second-order valence-electron chi connectivity index (χ2n) is 4.56. The Bertz CT molecular complexity index is 521. The first-order valence-electron chi connectivity index (χ1n) is 6.27. The van der Waals surface area contributed by atoms with Crippen molar-refractivity contribution in [1.29, 1.82) is 0 Å². The Morgan fingerprint density at radius 3 is 2.37 bits per heavy atom. The van der Waals surface area contributed by atoms with E-state index in [2.05, 4.69) is 0 Å². The van der Waals surface area contributed by atoms with Crippen molar-refractivity contribution in [3.8, 4) is 11.5 Å². The van der Waals surface area contributed by atoms with E-state index < -0.39 is 0 Å². The third-order valence-electron chi connectivity index (χ3n) is 2.50. The zero-order chi connectivity index (χ0) is 13.7. The van der Waals surface area contributed by atoms with Crippen molar-refractivity contribution in [1.82, 2.24) is 0 Å². The minimum atomic E-state index is 0.159. The van der Waals surface area contributed by atoms with E-state index in [-0.39, 0.29) is 6.10 Å². The fourth-order valence-corrected chi connectivity index (χ4v) is 1.78. The van der Waals surface area contributed by atoms with Gasteiger partial charge in [0.2, 0.25) is 0 Å². The van der Waals surface area contributed by atoms with Crippen molar-refractivity contribution in [3.63, 3.8) is 0 Å². The van der Waals surface area contributed by atoms with Crippen LogP contribution in [0.4, 0.5) is 0 Å². The van der Waals surface area contributed by atoms with Gasteiger partial charge < -0.3 is 9.47 Å². The van der Waals surface area contributed by atoms with Gasteiger partial charge in [-0.05, 0) is 43.7 Å². The van der Waals surface area contributed by atoms with Gasteiger partial charge >= 0.3 is 0 Å². The number of benzene rings is 2. The molecule has 2 aromatic carbocycles. The highest BCUT2D eigenvalue weighted by Crippen LogP contribution is 2.21. The van der Waals surface area contributed by atoms with Crippen LogP contribution in [0.2, 0.25) is 5.02 Å². The topological polar surface area (TPSA) is 18.5 Å². The molecule has 2 aromatic rings. The summed E-state index contributed by atoms with van der Waals surface area (Å²) in [7, 11) is 0. The molecule has 0 fully saturated rings. The van der Waals surface area contributed by atoms with Gasteiger partial charge in [0.05, 0.1) is 6.10 Å². The molecule has 19 heavy (non-hydrogen) atoms. The lowest BCUT2D eigenvalue weighted by Gasteiger charge is -2.11. The maximum Gasteiger partial charge on any atom is 0.123 e. The maximum absolute atomic E-state index is 5.84. The van der Waals surface area contributed by atoms with Crippen LogP contribution in [0.5, 0.6) is 11.5 Å². The second-order valence-corrected chi connectivity index (χ2v) is 4.99. The molecule has 0 spiro atoms. The van der Waals surface area contributed by atoms with E-state index in [1.54, 1.807) is 0 Å². The highest BCUT2D eigenvalue weighted by atomic mass is 35.5. The Morgan fingerprint density at radius 1 is 1.00 bits per heavy atom. The number of halogens is 1. The van der Waals surface area contributed by atoms with Crippen molar-refractivity contribution < 1.29 is 9.47 Å².